The fourth-order valence-corrected chi connectivity index (χ4v) is 3.63. The molecule has 40 heavy (non-hydrogen) atoms. The Hall–Kier alpha value is -1.67. The van der Waals surface area contributed by atoms with Crippen LogP contribution < -0.4 is 10.2 Å². The highest BCUT2D eigenvalue weighted by Gasteiger charge is 2.15. The summed E-state index contributed by atoms with van der Waals surface area (Å²) in [5.74, 6) is 0.0380. The first kappa shape index (κ1) is 42.8. The number of halogens is 1. The molecule has 0 aromatic heterocycles. The van der Waals surface area contributed by atoms with Gasteiger partial charge in [-0.05, 0) is 58.2 Å². The SMILES string of the molecule is CC(C)(C)OC(=O)NCCCCCCCCCCC(=O)O.C[C+](C)C.O=C(O)CCCCCCCCCCNCl. The van der Waals surface area contributed by atoms with E-state index in [4.69, 9.17) is 26.7 Å². The highest BCUT2D eigenvalue weighted by Crippen LogP contribution is 2.11. The Bertz CT molecular complexity index is 580. The van der Waals surface area contributed by atoms with Gasteiger partial charge in [0.25, 0.3) is 0 Å². The zero-order valence-electron chi connectivity index (χ0n) is 26.5. The largest absolute Gasteiger partial charge is 0.481 e. The summed E-state index contributed by atoms with van der Waals surface area (Å²) in [5, 5.41) is 19.7. The zero-order valence-corrected chi connectivity index (χ0v) is 27.3. The van der Waals surface area contributed by atoms with Crippen LogP contribution in [0.15, 0.2) is 0 Å². The van der Waals surface area contributed by atoms with Gasteiger partial charge in [-0.2, -0.15) is 0 Å². The molecule has 9 heteroatoms. The third kappa shape index (κ3) is 52.7. The molecule has 0 aromatic carbocycles. The van der Waals surface area contributed by atoms with Crippen molar-refractivity contribution in [3.63, 3.8) is 0 Å². The highest BCUT2D eigenvalue weighted by molar-refractivity contribution is 6.13. The number of hydrogen-bond donors (Lipinski definition) is 4. The second-order valence-electron chi connectivity index (χ2n) is 11.8. The van der Waals surface area contributed by atoms with Gasteiger partial charge in [0.1, 0.15) is 5.60 Å². The topological polar surface area (TPSA) is 125 Å². The normalized spacial score (nSPS) is 10.5. The standard InChI is InChI=1S/C16H31NO4.C11H22ClNO2.C4H9/c1-16(2,3)21-15(20)17-13-11-9-7-5-4-6-8-10-12-14(18)19;12-13-10-8-6-4-2-1-3-5-7-9-11(14)15;1-4(2)3/h4-13H2,1-3H3,(H,17,20)(H,18,19);13H,1-10H2,(H,14,15);1-3H3/q;;+1. The number of aliphatic carboxylic acids is 2. The molecule has 0 aliphatic carbocycles. The first-order valence-corrected chi connectivity index (χ1v) is 15.7. The van der Waals surface area contributed by atoms with Crippen LogP contribution in [0.2, 0.25) is 0 Å². The molecule has 0 aromatic rings. The van der Waals surface area contributed by atoms with Crippen LogP contribution in [-0.4, -0.2) is 46.9 Å². The number of amides is 1. The van der Waals surface area contributed by atoms with Crippen molar-refractivity contribution in [2.45, 2.75) is 163 Å². The van der Waals surface area contributed by atoms with Gasteiger partial charge < -0.3 is 20.3 Å². The highest BCUT2D eigenvalue weighted by atomic mass is 35.5. The lowest BCUT2D eigenvalue weighted by molar-refractivity contribution is -0.138. The predicted octanol–water partition coefficient (Wildman–Crippen LogP) is 9.05. The van der Waals surface area contributed by atoms with Gasteiger partial charge in [-0.25, -0.2) is 9.63 Å². The van der Waals surface area contributed by atoms with Gasteiger partial charge in [0.05, 0.1) is 26.7 Å². The van der Waals surface area contributed by atoms with Crippen LogP contribution >= 0.6 is 11.8 Å². The van der Waals surface area contributed by atoms with E-state index >= 15 is 0 Å². The summed E-state index contributed by atoms with van der Waals surface area (Å²) >= 11 is 5.33. The molecule has 0 radical (unpaired) electrons. The van der Waals surface area contributed by atoms with E-state index in [0.717, 1.165) is 64.3 Å². The number of carboxylic acids is 2. The van der Waals surface area contributed by atoms with E-state index in [1.165, 1.54) is 50.9 Å². The van der Waals surface area contributed by atoms with E-state index in [1.54, 1.807) is 0 Å². The Kier molecular flexibility index (Phi) is 34.1. The molecule has 8 nitrogen and oxygen atoms in total. The summed E-state index contributed by atoms with van der Waals surface area (Å²) in [6.45, 7) is 13.4. The van der Waals surface area contributed by atoms with Crippen LogP contribution in [0.5, 0.6) is 0 Å². The summed E-state index contributed by atoms with van der Waals surface area (Å²) in [5.41, 5.74) is -0.440. The summed E-state index contributed by atoms with van der Waals surface area (Å²) in [6.07, 6.45) is 17.9. The zero-order chi connectivity index (χ0) is 31.1. The molecule has 4 N–H and O–H groups in total. The number of unbranched alkanes of at least 4 members (excludes halogenated alkanes) is 14. The molecule has 0 aliphatic rings. The van der Waals surface area contributed by atoms with Crippen molar-refractivity contribution < 1.29 is 29.3 Å². The Morgan fingerprint density at radius 3 is 1.23 bits per heavy atom. The summed E-state index contributed by atoms with van der Waals surface area (Å²) in [7, 11) is 0. The van der Waals surface area contributed by atoms with Crippen molar-refractivity contribution in [2.75, 3.05) is 13.1 Å². The van der Waals surface area contributed by atoms with E-state index < -0.39 is 17.5 Å². The van der Waals surface area contributed by atoms with E-state index in [2.05, 4.69) is 30.9 Å². The molecule has 0 fully saturated rings. The fourth-order valence-electron chi connectivity index (χ4n) is 3.50. The quantitative estimate of drug-likeness (QED) is 0.0560. The molecule has 0 spiro atoms. The lowest BCUT2D eigenvalue weighted by Gasteiger charge is -2.19. The smallest absolute Gasteiger partial charge is 0.407 e. The Balaban J connectivity index is -0.000000628. The van der Waals surface area contributed by atoms with Crippen LogP contribution in [0.1, 0.15) is 157 Å². The minimum absolute atomic E-state index is 0.288. The molecule has 0 heterocycles. The van der Waals surface area contributed by atoms with Crippen molar-refractivity contribution in [2.24, 2.45) is 0 Å². The second kappa shape index (κ2) is 31.9. The average molecular weight is 594 g/mol. The third-order valence-electron chi connectivity index (χ3n) is 5.40. The molecule has 0 aliphatic heterocycles. The molecule has 238 valence electrons. The van der Waals surface area contributed by atoms with Gasteiger partial charge in [0, 0.05) is 25.9 Å². The lowest BCUT2D eigenvalue weighted by Crippen LogP contribution is -2.32. The van der Waals surface area contributed by atoms with Crippen LogP contribution in [0.3, 0.4) is 0 Å². The van der Waals surface area contributed by atoms with Crippen molar-refractivity contribution in [3.05, 3.63) is 5.92 Å². The number of carboxylic acid groups (broad SMARTS) is 2. The fraction of sp³-hybridized carbons (Fsp3) is 0.871. The number of rotatable bonds is 22. The van der Waals surface area contributed by atoms with Crippen molar-refractivity contribution in [1.29, 1.82) is 0 Å². The monoisotopic (exact) mass is 593 g/mol. The molecule has 0 unspecified atom stereocenters. The van der Waals surface area contributed by atoms with Crippen molar-refractivity contribution in [1.82, 2.24) is 10.2 Å². The molecule has 0 saturated carbocycles. The molecule has 0 rings (SSSR count). The minimum atomic E-state index is -0.701. The Labute approximate surface area is 250 Å². The molecular formula is C31H62ClN2O6+. The first-order chi connectivity index (χ1) is 18.8. The van der Waals surface area contributed by atoms with E-state index in [-0.39, 0.29) is 12.5 Å². The Morgan fingerprint density at radius 2 is 0.925 bits per heavy atom. The van der Waals surface area contributed by atoms with E-state index in [0.29, 0.717) is 13.0 Å². The molecule has 0 saturated heterocycles. The van der Waals surface area contributed by atoms with E-state index in [9.17, 15) is 14.4 Å². The number of ether oxygens (including phenoxy) is 1. The third-order valence-corrected chi connectivity index (χ3v) is 5.59. The Morgan fingerprint density at radius 1 is 0.625 bits per heavy atom. The van der Waals surface area contributed by atoms with Crippen molar-refractivity contribution in [3.8, 4) is 0 Å². The summed E-state index contributed by atoms with van der Waals surface area (Å²) in [6, 6.07) is 0. The maximum absolute atomic E-state index is 11.4. The summed E-state index contributed by atoms with van der Waals surface area (Å²) in [4.78, 5) is 34.5. The van der Waals surface area contributed by atoms with Gasteiger partial charge in [-0.1, -0.05) is 77.0 Å². The molecule has 0 bridgehead atoms. The van der Waals surface area contributed by atoms with Crippen LogP contribution in [-0.2, 0) is 14.3 Å². The minimum Gasteiger partial charge on any atom is -0.481 e. The number of nitrogens with one attached hydrogen (secondary N) is 2. The maximum atomic E-state index is 11.4. The first-order valence-electron chi connectivity index (χ1n) is 15.3. The average Bonchev–Trinajstić information content (AvgIpc) is 2.82. The van der Waals surface area contributed by atoms with Crippen LogP contribution in [0.4, 0.5) is 4.79 Å². The summed E-state index contributed by atoms with van der Waals surface area (Å²) < 4.78 is 5.15. The van der Waals surface area contributed by atoms with Gasteiger partial charge >= 0.3 is 18.0 Å². The van der Waals surface area contributed by atoms with Crippen LogP contribution in [0.25, 0.3) is 0 Å². The second-order valence-corrected chi connectivity index (χ2v) is 12.0. The van der Waals surface area contributed by atoms with Gasteiger partial charge in [0.2, 0.25) is 0 Å². The lowest BCUT2D eigenvalue weighted by atomic mass is 10.1. The van der Waals surface area contributed by atoms with E-state index in [1.807, 2.05) is 20.8 Å². The number of hydrogen-bond acceptors (Lipinski definition) is 5. The molecular weight excluding hydrogens is 532 g/mol. The number of carbonyl (C=O) groups is 3. The van der Waals surface area contributed by atoms with Gasteiger partial charge in [-0.15, -0.1) is 0 Å². The van der Waals surface area contributed by atoms with Crippen LogP contribution in [0, 0.1) is 5.92 Å². The molecule has 1 amide bonds. The predicted molar refractivity (Wildman–Crippen MR) is 167 cm³/mol. The van der Waals surface area contributed by atoms with Crippen molar-refractivity contribution >= 4 is 29.8 Å². The number of carbonyl (C=O) groups excluding carboxylic acids is 1. The molecule has 0 atom stereocenters. The maximum Gasteiger partial charge on any atom is 0.407 e. The van der Waals surface area contributed by atoms with Gasteiger partial charge in [0.15, 0.2) is 0 Å². The number of alkyl carbamates (subject to hydrolysis) is 1. The van der Waals surface area contributed by atoms with Gasteiger partial charge in [-0.3, -0.25) is 9.59 Å².